The molecule has 2 heteroatoms. The SMILES string of the molecule is Cc1ccc2c(c1)SC(C(C)C)CN2. The lowest BCUT2D eigenvalue weighted by Crippen LogP contribution is -2.25. The van der Waals surface area contributed by atoms with Crippen molar-refractivity contribution in [3.05, 3.63) is 23.8 Å². The van der Waals surface area contributed by atoms with E-state index in [4.69, 9.17) is 0 Å². The maximum Gasteiger partial charge on any atom is 0.0479 e. The Hall–Kier alpha value is -0.630. The molecule has 0 saturated heterocycles. The second kappa shape index (κ2) is 3.85. The molecule has 0 saturated carbocycles. The Bertz CT molecular complexity index is 333. The fraction of sp³-hybridized carbons (Fsp3) is 0.500. The summed E-state index contributed by atoms with van der Waals surface area (Å²) in [4.78, 5) is 1.41. The average Bonchev–Trinajstić information content (AvgIpc) is 2.16. The number of hydrogen-bond donors (Lipinski definition) is 1. The van der Waals surface area contributed by atoms with Crippen LogP contribution < -0.4 is 5.32 Å². The predicted octanol–water partition coefficient (Wildman–Crippen LogP) is 3.54. The summed E-state index contributed by atoms with van der Waals surface area (Å²) in [7, 11) is 0. The first-order valence-corrected chi connectivity index (χ1v) is 6.06. The van der Waals surface area contributed by atoms with Gasteiger partial charge in [-0.2, -0.15) is 0 Å². The summed E-state index contributed by atoms with van der Waals surface area (Å²) in [6.45, 7) is 7.83. The molecule has 0 amide bonds. The highest BCUT2D eigenvalue weighted by Gasteiger charge is 2.21. The van der Waals surface area contributed by atoms with E-state index in [1.807, 2.05) is 11.8 Å². The molecule has 2 rings (SSSR count). The number of thioether (sulfide) groups is 1. The minimum atomic E-state index is 0.712. The molecule has 0 radical (unpaired) electrons. The summed E-state index contributed by atoms with van der Waals surface area (Å²) in [6, 6.07) is 6.64. The molecule has 1 atom stereocenters. The summed E-state index contributed by atoms with van der Waals surface area (Å²) in [5.74, 6) is 0.737. The highest BCUT2D eigenvalue weighted by Crippen LogP contribution is 2.38. The van der Waals surface area contributed by atoms with E-state index in [1.165, 1.54) is 16.1 Å². The van der Waals surface area contributed by atoms with Gasteiger partial charge in [0.05, 0.1) is 0 Å². The third-order valence-corrected chi connectivity index (χ3v) is 4.26. The molecule has 1 N–H and O–H groups in total. The molecular formula is C12H17NS. The van der Waals surface area contributed by atoms with Gasteiger partial charge in [0.25, 0.3) is 0 Å². The van der Waals surface area contributed by atoms with E-state index in [2.05, 4.69) is 44.3 Å². The van der Waals surface area contributed by atoms with Crippen molar-refractivity contribution >= 4 is 17.4 Å². The van der Waals surface area contributed by atoms with Gasteiger partial charge < -0.3 is 5.32 Å². The van der Waals surface area contributed by atoms with Crippen LogP contribution in [0.4, 0.5) is 5.69 Å². The van der Waals surface area contributed by atoms with Crippen LogP contribution in [0.1, 0.15) is 19.4 Å². The average molecular weight is 207 g/mol. The summed E-state index contributed by atoms with van der Waals surface area (Å²) >= 11 is 2.02. The first kappa shape index (κ1) is 9.91. The Labute approximate surface area is 90.3 Å². The quantitative estimate of drug-likeness (QED) is 0.756. The molecule has 0 spiro atoms. The molecule has 1 aliphatic heterocycles. The first-order chi connectivity index (χ1) is 6.66. The van der Waals surface area contributed by atoms with E-state index in [0.717, 1.165) is 12.5 Å². The number of rotatable bonds is 1. The smallest absolute Gasteiger partial charge is 0.0479 e. The van der Waals surface area contributed by atoms with E-state index in [9.17, 15) is 0 Å². The molecule has 0 aromatic heterocycles. The molecule has 0 aliphatic carbocycles. The van der Waals surface area contributed by atoms with E-state index in [1.54, 1.807) is 0 Å². The van der Waals surface area contributed by atoms with Gasteiger partial charge in [-0.1, -0.05) is 19.9 Å². The fourth-order valence-electron chi connectivity index (χ4n) is 1.66. The third-order valence-electron chi connectivity index (χ3n) is 2.65. The molecule has 1 heterocycles. The van der Waals surface area contributed by atoms with Crippen molar-refractivity contribution in [2.75, 3.05) is 11.9 Å². The molecule has 0 fully saturated rings. The second-order valence-corrected chi connectivity index (χ2v) is 5.56. The van der Waals surface area contributed by atoms with E-state index in [-0.39, 0.29) is 0 Å². The highest BCUT2D eigenvalue weighted by molar-refractivity contribution is 8.00. The lowest BCUT2D eigenvalue weighted by Gasteiger charge is -2.28. The van der Waals surface area contributed by atoms with Crippen LogP contribution in [0.3, 0.4) is 0 Å². The number of aryl methyl sites for hydroxylation is 1. The molecule has 76 valence electrons. The summed E-state index contributed by atoms with van der Waals surface area (Å²) in [5, 5.41) is 4.21. The number of nitrogens with one attached hydrogen (secondary N) is 1. The van der Waals surface area contributed by atoms with Crippen LogP contribution >= 0.6 is 11.8 Å². The van der Waals surface area contributed by atoms with E-state index < -0.39 is 0 Å². The van der Waals surface area contributed by atoms with Crippen LogP contribution in [0.2, 0.25) is 0 Å². The predicted molar refractivity (Wildman–Crippen MR) is 64.2 cm³/mol. The normalized spacial score (nSPS) is 20.4. The van der Waals surface area contributed by atoms with Gasteiger partial charge in [-0.3, -0.25) is 0 Å². The second-order valence-electron chi connectivity index (χ2n) is 4.28. The van der Waals surface area contributed by atoms with Gasteiger partial charge in [-0.05, 0) is 30.5 Å². The number of fused-ring (bicyclic) bond motifs is 1. The monoisotopic (exact) mass is 207 g/mol. The Kier molecular flexibility index (Phi) is 2.73. The summed E-state index contributed by atoms with van der Waals surface area (Å²) in [5.41, 5.74) is 2.65. The molecule has 0 bridgehead atoms. The van der Waals surface area contributed by atoms with Crippen LogP contribution in [0.15, 0.2) is 23.1 Å². The van der Waals surface area contributed by atoms with Gasteiger partial charge in [-0.15, -0.1) is 11.8 Å². The van der Waals surface area contributed by atoms with Crippen molar-refractivity contribution in [2.45, 2.75) is 30.9 Å². The van der Waals surface area contributed by atoms with Gasteiger partial charge >= 0.3 is 0 Å². The van der Waals surface area contributed by atoms with Gasteiger partial charge in [-0.25, -0.2) is 0 Å². The highest BCUT2D eigenvalue weighted by atomic mass is 32.2. The van der Waals surface area contributed by atoms with Crippen molar-refractivity contribution < 1.29 is 0 Å². The van der Waals surface area contributed by atoms with Crippen LogP contribution in [-0.4, -0.2) is 11.8 Å². The molecule has 1 aliphatic rings. The maximum absolute atomic E-state index is 3.50. The van der Waals surface area contributed by atoms with Crippen LogP contribution in [0.25, 0.3) is 0 Å². The third kappa shape index (κ3) is 1.90. The fourth-order valence-corrected chi connectivity index (χ4v) is 2.95. The first-order valence-electron chi connectivity index (χ1n) is 5.18. The molecule has 1 nitrogen and oxygen atoms in total. The lowest BCUT2D eigenvalue weighted by atomic mass is 10.1. The van der Waals surface area contributed by atoms with Crippen molar-refractivity contribution in [2.24, 2.45) is 5.92 Å². The van der Waals surface area contributed by atoms with E-state index >= 15 is 0 Å². The van der Waals surface area contributed by atoms with Gasteiger partial charge in [0.1, 0.15) is 0 Å². The van der Waals surface area contributed by atoms with E-state index in [0.29, 0.717) is 5.25 Å². The van der Waals surface area contributed by atoms with Crippen LogP contribution in [0.5, 0.6) is 0 Å². The Morgan fingerprint density at radius 2 is 2.21 bits per heavy atom. The van der Waals surface area contributed by atoms with Gasteiger partial charge in [0.2, 0.25) is 0 Å². The zero-order valence-electron chi connectivity index (χ0n) is 9.00. The molecule has 1 aromatic carbocycles. The van der Waals surface area contributed by atoms with Crippen molar-refractivity contribution in [3.8, 4) is 0 Å². The Balaban J connectivity index is 2.24. The topological polar surface area (TPSA) is 12.0 Å². The summed E-state index contributed by atoms with van der Waals surface area (Å²) < 4.78 is 0. The van der Waals surface area contributed by atoms with Gasteiger partial charge in [0.15, 0.2) is 0 Å². The van der Waals surface area contributed by atoms with Crippen LogP contribution in [0, 0.1) is 12.8 Å². The molecule has 14 heavy (non-hydrogen) atoms. The molecular weight excluding hydrogens is 190 g/mol. The zero-order chi connectivity index (χ0) is 10.1. The Morgan fingerprint density at radius 1 is 1.43 bits per heavy atom. The number of hydrogen-bond acceptors (Lipinski definition) is 2. The standard InChI is InChI=1S/C12H17NS/c1-8(2)12-7-13-10-5-4-9(3)6-11(10)14-12/h4-6,8,12-13H,7H2,1-3H3. The lowest BCUT2D eigenvalue weighted by molar-refractivity contribution is 0.620. The Morgan fingerprint density at radius 3 is 2.93 bits per heavy atom. The molecule has 1 aromatic rings. The van der Waals surface area contributed by atoms with Crippen molar-refractivity contribution in [1.82, 2.24) is 0 Å². The summed E-state index contributed by atoms with van der Waals surface area (Å²) in [6.07, 6.45) is 0. The van der Waals surface area contributed by atoms with Crippen molar-refractivity contribution in [3.63, 3.8) is 0 Å². The van der Waals surface area contributed by atoms with Crippen molar-refractivity contribution in [1.29, 1.82) is 0 Å². The minimum Gasteiger partial charge on any atom is -0.383 e. The minimum absolute atomic E-state index is 0.712. The molecule has 1 unspecified atom stereocenters. The van der Waals surface area contributed by atoms with Crippen LogP contribution in [-0.2, 0) is 0 Å². The maximum atomic E-state index is 3.50. The number of benzene rings is 1. The largest absolute Gasteiger partial charge is 0.383 e. The number of anilines is 1. The van der Waals surface area contributed by atoms with Gasteiger partial charge in [0, 0.05) is 22.4 Å². The zero-order valence-corrected chi connectivity index (χ0v) is 9.82.